The quantitative estimate of drug-likeness (QED) is 0.670. The molecule has 2 aromatic carbocycles. The van der Waals surface area contributed by atoms with Gasteiger partial charge in [-0.15, -0.1) is 0 Å². The molecule has 1 atom stereocenters. The Kier molecular flexibility index (Phi) is 3.52. The Bertz CT molecular complexity index is 824. The van der Waals surface area contributed by atoms with E-state index in [9.17, 15) is 4.79 Å². The van der Waals surface area contributed by atoms with Crippen LogP contribution in [0.4, 0.5) is 0 Å². The Morgan fingerprint density at radius 2 is 1.84 bits per heavy atom. The summed E-state index contributed by atoms with van der Waals surface area (Å²) in [5.74, 6) is 1.95. The lowest BCUT2D eigenvalue weighted by Crippen LogP contribution is -2.51. The maximum absolute atomic E-state index is 12.9. The van der Waals surface area contributed by atoms with Gasteiger partial charge in [-0.25, -0.2) is 4.79 Å². The lowest BCUT2D eigenvalue weighted by atomic mass is 9.86. The predicted molar refractivity (Wildman–Crippen MR) is 94.1 cm³/mol. The van der Waals surface area contributed by atoms with Crippen LogP contribution in [0.2, 0.25) is 0 Å². The molecular formula is C21H21NO3. The number of benzene rings is 2. The predicted octanol–water partition coefficient (Wildman–Crippen LogP) is 3.63. The minimum atomic E-state index is -0.210. The number of hydrogen-bond acceptors (Lipinski definition) is 4. The van der Waals surface area contributed by atoms with E-state index in [2.05, 4.69) is 4.90 Å². The van der Waals surface area contributed by atoms with Crippen molar-refractivity contribution in [3.63, 3.8) is 0 Å². The fourth-order valence-corrected chi connectivity index (χ4v) is 4.34. The van der Waals surface area contributed by atoms with Crippen LogP contribution in [-0.4, -0.2) is 36.6 Å². The molecule has 2 aromatic rings. The first kappa shape index (κ1) is 15.0. The van der Waals surface area contributed by atoms with Crippen LogP contribution in [0.5, 0.6) is 11.5 Å². The first-order chi connectivity index (χ1) is 12.3. The van der Waals surface area contributed by atoms with E-state index in [4.69, 9.17) is 9.47 Å². The summed E-state index contributed by atoms with van der Waals surface area (Å²) in [6, 6.07) is 13.6. The Balaban J connectivity index is 1.41. The minimum Gasteiger partial charge on any atom is -0.457 e. The Labute approximate surface area is 147 Å². The van der Waals surface area contributed by atoms with Crippen molar-refractivity contribution in [1.82, 2.24) is 4.90 Å². The third kappa shape index (κ3) is 2.61. The molecule has 0 saturated carbocycles. The highest BCUT2D eigenvalue weighted by molar-refractivity contribution is 5.92. The number of carbonyl (C=O) groups is 1. The highest BCUT2D eigenvalue weighted by atomic mass is 16.5. The van der Waals surface area contributed by atoms with E-state index in [1.54, 1.807) is 0 Å². The summed E-state index contributed by atoms with van der Waals surface area (Å²) in [6.45, 7) is 3.17. The first-order valence-corrected chi connectivity index (χ1v) is 9.09. The number of carbonyl (C=O) groups excluding carboxylic acids is 1. The van der Waals surface area contributed by atoms with Crippen molar-refractivity contribution in [2.24, 2.45) is 5.92 Å². The van der Waals surface area contributed by atoms with Gasteiger partial charge in [0, 0.05) is 18.5 Å². The van der Waals surface area contributed by atoms with Crippen LogP contribution in [0.3, 0.4) is 0 Å². The van der Waals surface area contributed by atoms with Crippen LogP contribution in [-0.2, 0) is 11.2 Å². The van der Waals surface area contributed by atoms with E-state index in [1.165, 1.54) is 0 Å². The molecule has 3 saturated heterocycles. The molecule has 0 amide bonds. The van der Waals surface area contributed by atoms with Gasteiger partial charge in [0.15, 0.2) is 0 Å². The normalized spacial score (nSPS) is 26.3. The van der Waals surface area contributed by atoms with Gasteiger partial charge in [0.25, 0.3) is 0 Å². The molecule has 0 aliphatic carbocycles. The standard InChI is InChI=1S/C21H21NO3/c23-21(25-20-13-22-10-8-14(20)9-11-22)16-5-3-7-19-17(16)12-15-4-1-2-6-18(15)24-19/h1-7,14,20H,8-13H2. The summed E-state index contributed by atoms with van der Waals surface area (Å²) >= 11 is 0. The van der Waals surface area contributed by atoms with Gasteiger partial charge in [0.2, 0.25) is 0 Å². The van der Waals surface area contributed by atoms with Crippen molar-refractivity contribution in [3.8, 4) is 11.5 Å². The topological polar surface area (TPSA) is 38.8 Å². The molecular weight excluding hydrogens is 314 g/mol. The molecule has 25 heavy (non-hydrogen) atoms. The second kappa shape index (κ2) is 5.88. The number of ether oxygens (including phenoxy) is 2. The monoisotopic (exact) mass is 335 g/mol. The van der Waals surface area contributed by atoms with Crippen LogP contribution >= 0.6 is 0 Å². The maximum Gasteiger partial charge on any atom is 0.338 e. The van der Waals surface area contributed by atoms with Crippen molar-refractivity contribution in [3.05, 3.63) is 59.2 Å². The summed E-state index contributed by atoms with van der Waals surface area (Å²) in [5, 5.41) is 0. The van der Waals surface area contributed by atoms with Crippen LogP contribution < -0.4 is 4.74 Å². The molecule has 4 heteroatoms. The van der Waals surface area contributed by atoms with Crippen LogP contribution in [0.15, 0.2) is 42.5 Å². The summed E-state index contributed by atoms with van der Waals surface area (Å²) in [6.07, 6.45) is 3.02. The van der Waals surface area contributed by atoms with E-state index >= 15 is 0 Å². The van der Waals surface area contributed by atoms with E-state index in [1.807, 2.05) is 42.5 Å². The number of para-hydroxylation sites is 1. The third-order valence-corrected chi connectivity index (χ3v) is 5.77. The van der Waals surface area contributed by atoms with Crippen LogP contribution in [0, 0.1) is 5.92 Å². The number of esters is 1. The van der Waals surface area contributed by atoms with Gasteiger partial charge in [-0.2, -0.15) is 0 Å². The molecule has 4 aliphatic heterocycles. The van der Waals surface area contributed by atoms with Gasteiger partial charge in [-0.1, -0.05) is 24.3 Å². The van der Waals surface area contributed by atoms with Gasteiger partial charge >= 0.3 is 5.97 Å². The molecule has 0 spiro atoms. The first-order valence-electron chi connectivity index (χ1n) is 9.09. The summed E-state index contributed by atoms with van der Waals surface area (Å²) in [5.41, 5.74) is 2.69. The molecule has 6 rings (SSSR count). The fourth-order valence-electron chi connectivity index (χ4n) is 4.34. The number of fused-ring (bicyclic) bond motifs is 5. The number of rotatable bonds is 2. The van der Waals surface area contributed by atoms with E-state index < -0.39 is 0 Å². The highest BCUT2D eigenvalue weighted by Crippen LogP contribution is 2.38. The zero-order chi connectivity index (χ0) is 16.8. The number of hydrogen-bond donors (Lipinski definition) is 0. The molecule has 1 unspecified atom stereocenters. The summed E-state index contributed by atoms with van der Waals surface area (Å²) < 4.78 is 11.9. The SMILES string of the molecule is O=C(OC1CN2CCC1CC2)c1cccc2c1Cc1ccccc1O2. The molecule has 128 valence electrons. The zero-order valence-corrected chi connectivity index (χ0v) is 14.1. The van der Waals surface area contributed by atoms with Crippen molar-refractivity contribution in [2.75, 3.05) is 19.6 Å². The average molecular weight is 335 g/mol. The molecule has 4 aliphatic rings. The van der Waals surface area contributed by atoms with Crippen molar-refractivity contribution < 1.29 is 14.3 Å². The van der Waals surface area contributed by atoms with Crippen molar-refractivity contribution >= 4 is 5.97 Å². The molecule has 2 bridgehead atoms. The molecule has 0 N–H and O–H groups in total. The smallest absolute Gasteiger partial charge is 0.338 e. The maximum atomic E-state index is 12.9. The van der Waals surface area contributed by atoms with Crippen LogP contribution in [0.1, 0.15) is 34.3 Å². The number of nitrogens with zero attached hydrogens (tertiary/aromatic N) is 1. The Morgan fingerprint density at radius 3 is 2.64 bits per heavy atom. The fraction of sp³-hybridized carbons (Fsp3) is 0.381. The van der Waals surface area contributed by atoms with E-state index in [-0.39, 0.29) is 12.1 Å². The third-order valence-electron chi connectivity index (χ3n) is 5.77. The van der Waals surface area contributed by atoms with Gasteiger partial charge in [0.05, 0.1) is 5.56 Å². The Morgan fingerprint density at radius 1 is 1.04 bits per heavy atom. The Hall–Kier alpha value is -2.33. The number of piperidine rings is 3. The largest absolute Gasteiger partial charge is 0.457 e. The molecule has 3 fully saturated rings. The van der Waals surface area contributed by atoms with Gasteiger partial charge in [-0.05, 0) is 55.6 Å². The zero-order valence-electron chi connectivity index (χ0n) is 14.1. The van der Waals surface area contributed by atoms with Gasteiger partial charge in [-0.3, -0.25) is 4.90 Å². The molecule has 4 nitrogen and oxygen atoms in total. The van der Waals surface area contributed by atoms with Crippen LogP contribution in [0.25, 0.3) is 0 Å². The molecule has 0 radical (unpaired) electrons. The van der Waals surface area contributed by atoms with Gasteiger partial charge < -0.3 is 9.47 Å². The minimum absolute atomic E-state index is 0.0302. The molecule has 4 heterocycles. The van der Waals surface area contributed by atoms with E-state index in [0.717, 1.165) is 55.1 Å². The second-order valence-corrected chi connectivity index (χ2v) is 7.25. The van der Waals surface area contributed by atoms with Crippen molar-refractivity contribution in [2.45, 2.75) is 25.4 Å². The van der Waals surface area contributed by atoms with E-state index in [0.29, 0.717) is 17.9 Å². The lowest BCUT2D eigenvalue weighted by Gasteiger charge is -2.44. The summed E-state index contributed by atoms with van der Waals surface area (Å²) in [4.78, 5) is 15.3. The summed E-state index contributed by atoms with van der Waals surface area (Å²) in [7, 11) is 0. The average Bonchev–Trinajstić information content (AvgIpc) is 2.66. The second-order valence-electron chi connectivity index (χ2n) is 7.25. The van der Waals surface area contributed by atoms with Crippen molar-refractivity contribution in [1.29, 1.82) is 0 Å². The molecule has 0 aromatic heterocycles. The lowest BCUT2D eigenvalue weighted by molar-refractivity contribution is -0.0456. The highest BCUT2D eigenvalue weighted by Gasteiger charge is 2.37. The van der Waals surface area contributed by atoms with Gasteiger partial charge in [0.1, 0.15) is 17.6 Å².